The van der Waals surface area contributed by atoms with E-state index in [-0.39, 0.29) is 40.8 Å². The number of Topliss-reactive ketones (excluding diaryl/α,β-unsaturated/α-hetero) is 1. The third-order valence-electron chi connectivity index (χ3n) is 8.39. The number of amides is 1. The minimum Gasteiger partial charge on any atom is -0.377 e. The van der Waals surface area contributed by atoms with Gasteiger partial charge in [-0.2, -0.15) is 0 Å². The zero-order valence-corrected chi connectivity index (χ0v) is 22.6. The van der Waals surface area contributed by atoms with E-state index in [2.05, 4.69) is 40.5 Å². The molecule has 1 aliphatic carbocycles. The van der Waals surface area contributed by atoms with Crippen LogP contribution in [-0.4, -0.2) is 34.9 Å². The second-order valence-electron chi connectivity index (χ2n) is 11.6. The van der Waals surface area contributed by atoms with Gasteiger partial charge in [0, 0.05) is 12.1 Å². The number of nitrogens with zero attached hydrogens (tertiary/aromatic N) is 2. The number of pyridine rings is 2. The van der Waals surface area contributed by atoms with Crippen molar-refractivity contribution in [2.45, 2.75) is 45.6 Å². The van der Waals surface area contributed by atoms with Gasteiger partial charge >= 0.3 is 0 Å². The van der Waals surface area contributed by atoms with Crippen molar-refractivity contribution >= 4 is 23.2 Å². The normalized spacial score (nSPS) is 23.5. The number of fused-ring (bicyclic) bond motifs is 1. The van der Waals surface area contributed by atoms with E-state index < -0.39 is 17.0 Å². The molecule has 0 spiro atoms. The number of ketones is 1. The molecule has 2 atom stereocenters. The van der Waals surface area contributed by atoms with Crippen LogP contribution >= 0.6 is 0 Å². The van der Waals surface area contributed by atoms with Gasteiger partial charge in [-0.15, -0.1) is 0 Å². The molecule has 0 radical (unpaired) electrons. The van der Waals surface area contributed by atoms with Crippen LogP contribution < -0.4 is 10.6 Å². The molecule has 2 unspecified atom stereocenters. The number of hydrogen-bond donors (Lipinski definition) is 2. The topological polar surface area (TPSA) is 93.2 Å². The summed E-state index contributed by atoms with van der Waals surface area (Å²) in [6.45, 7) is 7.59. The van der Waals surface area contributed by atoms with E-state index in [1.165, 1.54) is 24.3 Å². The number of benzene rings is 1. The first-order chi connectivity index (χ1) is 19.1. The Bertz CT molecular complexity index is 1550. The molecule has 9 heteroatoms. The highest BCUT2D eigenvalue weighted by Gasteiger charge is 2.56. The van der Waals surface area contributed by atoms with Crippen LogP contribution in [0.4, 0.5) is 20.3 Å². The summed E-state index contributed by atoms with van der Waals surface area (Å²) < 4.78 is 34.6. The van der Waals surface area contributed by atoms with Crippen LogP contribution in [0.1, 0.15) is 55.2 Å². The van der Waals surface area contributed by atoms with E-state index >= 15 is 0 Å². The lowest BCUT2D eigenvalue weighted by molar-refractivity contribution is -0.124. The molecule has 0 bridgehead atoms. The summed E-state index contributed by atoms with van der Waals surface area (Å²) in [6, 6.07) is 8.71. The fraction of sp³-hybridized carbons (Fsp3) is 0.355. The summed E-state index contributed by atoms with van der Waals surface area (Å²) in [4.78, 5) is 35.4. The third kappa shape index (κ3) is 4.29. The quantitative estimate of drug-likeness (QED) is 0.405. The lowest BCUT2D eigenvalue weighted by Gasteiger charge is -2.29. The van der Waals surface area contributed by atoms with Gasteiger partial charge in [-0.05, 0) is 55.0 Å². The minimum absolute atomic E-state index is 0.0738. The predicted octanol–water partition coefficient (Wildman–Crippen LogP) is 5.63. The molecule has 1 aromatic carbocycles. The van der Waals surface area contributed by atoms with Crippen molar-refractivity contribution in [1.82, 2.24) is 15.3 Å². The first kappa shape index (κ1) is 26.3. The number of halogens is 2. The highest BCUT2D eigenvalue weighted by Crippen LogP contribution is 2.54. The second kappa shape index (κ2) is 9.59. The molecule has 1 fully saturated rings. The van der Waals surface area contributed by atoms with Gasteiger partial charge in [0.05, 0.1) is 53.4 Å². The van der Waals surface area contributed by atoms with Crippen molar-refractivity contribution in [2.75, 3.05) is 18.5 Å². The SMILES string of the molecule is CC1(c2ccc(Nc3cc(-c4c(F)cccc4F)nc4c3C(=O)NC4)nc2)CC(C)(C)C(C2=CCOCC2)C1=O. The Hall–Kier alpha value is -3.98. The second-order valence-corrected chi connectivity index (χ2v) is 11.6. The maximum absolute atomic E-state index is 14.6. The maximum Gasteiger partial charge on any atom is 0.255 e. The van der Waals surface area contributed by atoms with Crippen LogP contribution in [-0.2, 0) is 21.5 Å². The van der Waals surface area contributed by atoms with Gasteiger partial charge < -0.3 is 15.4 Å². The Morgan fingerprint density at radius 3 is 2.52 bits per heavy atom. The fourth-order valence-corrected chi connectivity index (χ4v) is 6.62. The van der Waals surface area contributed by atoms with Gasteiger partial charge in [-0.1, -0.05) is 37.6 Å². The number of hydrogen-bond acceptors (Lipinski definition) is 6. The molecule has 206 valence electrons. The number of carbonyl (C=O) groups is 2. The van der Waals surface area contributed by atoms with Crippen LogP contribution in [0.2, 0.25) is 0 Å². The average Bonchev–Trinajstić information content (AvgIpc) is 3.38. The highest BCUT2D eigenvalue weighted by molar-refractivity contribution is 6.04. The molecule has 4 heterocycles. The number of nitrogens with one attached hydrogen (secondary N) is 2. The van der Waals surface area contributed by atoms with Gasteiger partial charge in [-0.3, -0.25) is 9.59 Å². The molecular weight excluding hydrogens is 514 g/mol. The van der Waals surface area contributed by atoms with E-state index in [1.54, 1.807) is 12.3 Å². The summed E-state index contributed by atoms with van der Waals surface area (Å²) in [5.41, 5.74) is 1.91. The summed E-state index contributed by atoms with van der Waals surface area (Å²) in [5, 5.41) is 5.85. The molecule has 2 aromatic heterocycles. The fourth-order valence-electron chi connectivity index (χ4n) is 6.62. The van der Waals surface area contributed by atoms with E-state index in [0.29, 0.717) is 42.4 Å². The van der Waals surface area contributed by atoms with Gasteiger partial charge in [-0.25, -0.2) is 18.7 Å². The molecule has 2 N–H and O–H groups in total. The third-order valence-corrected chi connectivity index (χ3v) is 8.39. The van der Waals surface area contributed by atoms with E-state index in [0.717, 1.165) is 17.6 Å². The Balaban J connectivity index is 1.32. The number of ether oxygens (including phenoxy) is 1. The number of carbonyl (C=O) groups excluding carboxylic acids is 2. The van der Waals surface area contributed by atoms with E-state index in [1.807, 2.05) is 13.0 Å². The first-order valence-corrected chi connectivity index (χ1v) is 13.4. The van der Waals surface area contributed by atoms with Crippen LogP contribution in [0.25, 0.3) is 11.3 Å². The average molecular weight is 545 g/mol. The van der Waals surface area contributed by atoms with Gasteiger partial charge in [0.2, 0.25) is 0 Å². The number of anilines is 2. The molecule has 3 aromatic rings. The van der Waals surface area contributed by atoms with Crippen molar-refractivity contribution < 1.29 is 23.1 Å². The van der Waals surface area contributed by atoms with Gasteiger partial charge in [0.15, 0.2) is 5.78 Å². The molecule has 7 nitrogen and oxygen atoms in total. The zero-order chi connectivity index (χ0) is 28.2. The molecular formula is C31H30F2N4O3. The smallest absolute Gasteiger partial charge is 0.255 e. The molecule has 3 aliphatic rings. The minimum atomic E-state index is -0.745. The van der Waals surface area contributed by atoms with Crippen LogP contribution in [0, 0.1) is 23.0 Å². The van der Waals surface area contributed by atoms with Crippen molar-refractivity contribution in [3.8, 4) is 11.3 Å². The Morgan fingerprint density at radius 1 is 1.07 bits per heavy atom. The monoisotopic (exact) mass is 544 g/mol. The highest BCUT2D eigenvalue weighted by atomic mass is 19.1. The standard InChI is InChI=1S/C31H30F2N4O3/c1-30(2)16-31(3,28(38)27(30)17-9-11-40-12-10-17)18-7-8-24(34-14-18)37-22-13-21(25-19(32)5-4-6-20(25)33)36-23-15-35-29(39)26(22)23/h4-9,13-14,27H,10-12,15-16H2,1-3H3,(H,35,39)(H,34,36,37). The van der Waals surface area contributed by atoms with Gasteiger partial charge in [0.1, 0.15) is 17.5 Å². The largest absolute Gasteiger partial charge is 0.377 e. The summed E-state index contributed by atoms with van der Waals surface area (Å²) in [6.07, 6.45) is 5.19. The summed E-state index contributed by atoms with van der Waals surface area (Å²) >= 11 is 0. The Kier molecular flexibility index (Phi) is 6.29. The molecule has 2 aliphatic heterocycles. The zero-order valence-electron chi connectivity index (χ0n) is 22.6. The Morgan fingerprint density at radius 2 is 1.85 bits per heavy atom. The molecule has 1 saturated carbocycles. The summed E-state index contributed by atoms with van der Waals surface area (Å²) in [7, 11) is 0. The number of rotatable bonds is 5. The first-order valence-electron chi connectivity index (χ1n) is 13.4. The predicted molar refractivity (Wildman–Crippen MR) is 146 cm³/mol. The van der Waals surface area contributed by atoms with Crippen LogP contribution in [0.3, 0.4) is 0 Å². The van der Waals surface area contributed by atoms with Gasteiger partial charge in [0.25, 0.3) is 5.91 Å². The lowest BCUT2D eigenvalue weighted by Crippen LogP contribution is -2.32. The van der Waals surface area contributed by atoms with Crippen LogP contribution in [0.5, 0.6) is 0 Å². The summed E-state index contributed by atoms with van der Waals surface area (Å²) in [5.74, 6) is -1.38. The van der Waals surface area contributed by atoms with Crippen molar-refractivity contribution in [2.24, 2.45) is 11.3 Å². The van der Waals surface area contributed by atoms with E-state index in [4.69, 9.17) is 4.74 Å². The molecule has 6 rings (SSSR count). The van der Waals surface area contributed by atoms with Crippen molar-refractivity contribution in [3.05, 3.63) is 82.7 Å². The number of aromatic nitrogens is 2. The van der Waals surface area contributed by atoms with E-state index in [9.17, 15) is 18.4 Å². The lowest BCUT2D eigenvalue weighted by atomic mass is 9.76. The van der Waals surface area contributed by atoms with Crippen molar-refractivity contribution in [1.29, 1.82) is 0 Å². The maximum atomic E-state index is 14.6. The van der Waals surface area contributed by atoms with Crippen molar-refractivity contribution in [3.63, 3.8) is 0 Å². The Labute approximate surface area is 231 Å². The molecule has 1 amide bonds. The molecule has 0 saturated heterocycles. The van der Waals surface area contributed by atoms with Crippen LogP contribution in [0.15, 0.2) is 54.2 Å². The molecule has 40 heavy (non-hydrogen) atoms.